The summed E-state index contributed by atoms with van der Waals surface area (Å²) < 4.78 is 5.65. The van der Waals surface area contributed by atoms with Gasteiger partial charge in [0.1, 0.15) is 0 Å². The molecule has 1 aliphatic rings. The van der Waals surface area contributed by atoms with Gasteiger partial charge < -0.3 is 19.9 Å². The van der Waals surface area contributed by atoms with Gasteiger partial charge in [0.05, 0.1) is 6.61 Å². The predicted octanol–water partition coefficient (Wildman–Crippen LogP) is 1.49. The fourth-order valence-corrected chi connectivity index (χ4v) is 1.74. The van der Waals surface area contributed by atoms with Gasteiger partial charge in [0.15, 0.2) is 5.96 Å². The van der Waals surface area contributed by atoms with Gasteiger partial charge in [-0.1, -0.05) is 6.92 Å². The highest BCUT2D eigenvalue weighted by atomic mass is 127. The van der Waals surface area contributed by atoms with Crippen molar-refractivity contribution in [3.63, 3.8) is 0 Å². The Morgan fingerprint density at radius 1 is 1.30 bits per heavy atom. The molecule has 0 aromatic carbocycles. The molecule has 0 saturated heterocycles. The molecule has 0 bridgehead atoms. The Kier molecular flexibility index (Phi) is 11.5. The van der Waals surface area contributed by atoms with Gasteiger partial charge in [-0.2, -0.15) is 0 Å². The molecular formula is C14H31IN4O. The first kappa shape index (κ1) is 19.9. The smallest absolute Gasteiger partial charge is 0.193 e. The van der Waals surface area contributed by atoms with E-state index >= 15 is 0 Å². The average molecular weight is 398 g/mol. The average Bonchev–Trinajstić information content (AvgIpc) is 3.23. The number of halogens is 1. The molecule has 0 amide bonds. The quantitative estimate of drug-likeness (QED) is 0.277. The molecule has 1 rings (SSSR count). The normalized spacial score (nSPS) is 15.2. The van der Waals surface area contributed by atoms with Crippen LogP contribution in [0.4, 0.5) is 0 Å². The third-order valence-corrected chi connectivity index (χ3v) is 3.51. The van der Waals surface area contributed by atoms with E-state index in [9.17, 15) is 0 Å². The molecule has 0 aliphatic heterocycles. The molecule has 6 heteroatoms. The Labute approximate surface area is 141 Å². The number of aliphatic imine (C=N–C) groups is 1. The minimum atomic E-state index is 0. The van der Waals surface area contributed by atoms with Gasteiger partial charge >= 0.3 is 0 Å². The van der Waals surface area contributed by atoms with Gasteiger partial charge in [0.25, 0.3) is 0 Å². The van der Waals surface area contributed by atoms with E-state index in [0.717, 1.165) is 51.3 Å². The van der Waals surface area contributed by atoms with Crippen LogP contribution in [0.15, 0.2) is 4.99 Å². The van der Waals surface area contributed by atoms with Crippen molar-refractivity contribution in [1.29, 1.82) is 0 Å². The summed E-state index contributed by atoms with van der Waals surface area (Å²) in [6.07, 6.45) is 2.70. The molecule has 20 heavy (non-hydrogen) atoms. The molecule has 1 aliphatic carbocycles. The Hall–Kier alpha value is -0.0800. The Morgan fingerprint density at radius 2 is 2.00 bits per heavy atom. The van der Waals surface area contributed by atoms with Crippen LogP contribution in [-0.4, -0.2) is 76.3 Å². The maximum absolute atomic E-state index is 5.65. The fourth-order valence-electron chi connectivity index (χ4n) is 1.74. The second kappa shape index (κ2) is 11.6. The lowest BCUT2D eigenvalue weighted by Gasteiger charge is -2.23. The first-order valence-electron chi connectivity index (χ1n) is 7.35. The second-order valence-corrected chi connectivity index (χ2v) is 5.31. The van der Waals surface area contributed by atoms with Crippen molar-refractivity contribution < 1.29 is 4.74 Å². The second-order valence-electron chi connectivity index (χ2n) is 5.31. The summed E-state index contributed by atoms with van der Waals surface area (Å²) in [5.41, 5.74) is 0. The van der Waals surface area contributed by atoms with Gasteiger partial charge in [0, 0.05) is 40.3 Å². The van der Waals surface area contributed by atoms with Gasteiger partial charge in [-0.15, -0.1) is 24.0 Å². The molecule has 1 saturated carbocycles. The lowest BCUT2D eigenvalue weighted by molar-refractivity contribution is 0.115. The zero-order valence-corrected chi connectivity index (χ0v) is 15.7. The molecule has 0 radical (unpaired) electrons. The topological polar surface area (TPSA) is 40.1 Å². The van der Waals surface area contributed by atoms with Crippen molar-refractivity contribution in [2.24, 2.45) is 10.9 Å². The number of hydrogen-bond donors (Lipinski definition) is 1. The number of ether oxygens (including phenoxy) is 1. The largest absolute Gasteiger partial charge is 0.379 e. The van der Waals surface area contributed by atoms with E-state index < -0.39 is 0 Å². The standard InChI is InChI=1S/C14H30N4O.HI/c1-5-17(3)9-8-16-14(15-2)18(4)10-11-19-12-13-6-7-13;/h13H,5-12H2,1-4H3,(H,15,16);1H. The van der Waals surface area contributed by atoms with Crippen LogP contribution in [0.25, 0.3) is 0 Å². The number of guanidine groups is 1. The van der Waals surface area contributed by atoms with Crippen molar-refractivity contribution in [2.75, 3.05) is 60.5 Å². The van der Waals surface area contributed by atoms with Crippen molar-refractivity contribution >= 4 is 29.9 Å². The predicted molar refractivity (Wildman–Crippen MR) is 96.1 cm³/mol. The van der Waals surface area contributed by atoms with Crippen LogP contribution in [0.1, 0.15) is 19.8 Å². The number of hydrogen-bond acceptors (Lipinski definition) is 3. The van der Waals surface area contributed by atoms with E-state index in [1.165, 1.54) is 12.8 Å². The van der Waals surface area contributed by atoms with E-state index in [2.05, 4.69) is 41.1 Å². The monoisotopic (exact) mass is 398 g/mol. The first-order valence-corrected chi connectivity index (χ1v) is 7.35. The number of likely N-dealkylation sites (N-methyl/N-ethyl adjacent to an activating group) is 2. The fraction of sp³-hybridized carbons (Fsp3) is 0.929. The summed E-state index contributed by atoms with van der Waals surface area (Å²) in [7, 11) is 6.01. The summed E-state index contributed by atoms with van der Waals surface area (Å²) in [5, 5.41) is 3.38. The highest BCUT2D eigenvalue weighted by Gasteiger charge is 2.21. The summed E-state index contributed by atoms with van der Waals surface area (Å²) in [4.78, 5) is 8.69. The molecule has 0 heterocycles. The van der Waals surface area contributed by atoms with Gasteiger partial charge in [-0.3, -0.25) is 4.99 Å². The first-order chi connectivity index (χ1) is 9.17. The highest BCUT2D eigenvalue weighted by Crippen LogP contribution is 2.28. The van der Waals surface area contributed by atoms with Gasteiger partial charge in [0.2, 0.25) is 0 Å². The van der Waals surface area contributed by atoms with Crippen LogP contribution in [-0.2, 0) is 4.74 Å². The van der Waals surface area contributed by atoms with Crippen LogP contribution in [0.5, 0.6) is 0 Å². The third kappa shape index (κ3) is 8.97. The Morgan fingerprint density at radius 3 is 2.55 bits per heavy atom. The third-order valence-electron chi connectivity index (χ3n) is 3.51. The SMILES string of the molecule is CCN(C)CCNC(=NC)N(C)CCOCC1CC1.I. The molecule has 5 nitrogen and oxygen atoms in total. The van der Waals surface area contributed by atoms with Crippen molar-refractivity contribution in [3.8, 4) is 0 Å². The molecule has 0 aromatic heterocycles. The summed E-state index contributed by atoms with van der Waals surface area (Å²) in [6, 6.07) is 0. The number of rotatable bonds is 9. The van der Waals surface area contributed by atoms with Crippen LogP contribution in [0.3, 0.4) is 0 Å². The Bertz CT molecular complexity index is 272. The van der Waals surface area contributed by atoms with E-state index in [0.29, 0.717) is 0 Å². The van der Waals surface area contributed by atoms with E-state index in [1.807, 2.05) is 7.05 Å². The number of nitrogens with zero attached hydrogens (tertiary/aromatic N) is 3. The van der Waals surface area contributed by atoms with Crippen LogP contribution in [0.2, 0.25) is 0 Å². The lowest BCUT2D eigenvalue weighted by Crippen LogP contribution is -2.43. The maximum atomic E-state index is 5.65. The molecule has 1 N–H and O–H groups in total. The van der Waals surface area contributed by atoms with Crippen LogP contribution < -0.4 is 5.32 Å². The minimum Gasteiger partial charge on any atom is -0.379 e. The van der Waals surface area contributed by atoms with E-state index in [-0.39, 0.29) is 24.0 Å². The molecular weight excluding hydrogens is 367 g/mol. The number of nitrogens with one attached hydrogen (secondary N) is 1. The van der Waals surface area contributed by atoms with E-state index in [1.54, 1.807) is 0 Å². The van der Waals surface area contributed by atoms with E-state index in [4.69, 9.17) is 4.74 Å². The molecule has 0 spiro atoms. The van der Waals surface area contributed by atoms with Crippen LogP contribution in [0, 0.1) is 5.92 Å². The van der Waals surface area contributed by atoms with Crippen molar-refractivity contribution in [1.82, 2.24) is 15.1 Å². The highest BCUT2D eigenvalue weighted by molar-refractivity contribution is 14.0. The lowest BCUT2D eigenvalue weighted by atomic mass is 10.5. The zero-order chi connectivity index (χ0) is 14.1. The molecule has 0 aromatic rings. The summed E-state index contributed by atoms with van der Waals surface area (Å²) >= 11 is 0. The molecule has 0 unspecified atom stereocenters. The zero-order valence-electron chi connectivity index (χ0n) is 13.4. The van der Waals surface area contributed by atoms with Gasteiger partial charge in [-0.25, -0.2) is 0 Å². The van der Waals surface area contributed by atoms with Crippen molar-refractivity contribution in [3.05, 3.63) is 0 Å². The Balaban J connectivity index is 0.00000361. The summed E-state index contributed by atoms with van der Waals surface area (Å²) in [6.45, 7) is 7.79. The van der Waals surface area contributed by atoms with Crippen LogP contribution >= 0.6 is 24.0 Å². The minimum absolute atomic E-state index is 0. The maximum Gasteiger partial charge on any atom is 0.193 e. The molecule has 1 fully saturated rings. The summed E-state index contributed by atoms with van der Waals surface area (Å²) in [5.74, 6) is 1.78. The van der Waals surface area contributed by atoms with Crippen molar-refractivity contribution in [2.45, 2.75) is 19.8 Å². The van der Waals surface area contributed by atoms with Gasteiger partial charge in [-0.05, 0) is 32.4 Å². The molecule has 0 atom stereocenters. The molecule has 120 valence electrons.